The second-order valence-electron chi connectivity index (χ2n) is 5.27. The van der Waals surface area contributed by atoms with Crippen molar-refractivity contribution in [3.63, 3.8) is 0 Å². The van der Waals surface area contributed by atoms with Crippen LogP contribution in [-0.2, 0) is 21.2 Å². The van der Waals surface area contributed by atoms with Crippen LogP contribution in [0.2, 0.25) is 0 Å². The number of nitro groups is 1. The van der Waals surface area contributed by atoms with E-state index in [9.17, 15) is 23.3 Å². The molecule has 0 bridgehead atoms. The molecule has 0 atom stereocenters. The van der Waals surface area contributed by atoms with Crippen molar-refractivity contribution < 1.29 is 23.2 Å². The summed E-state index contributed by atoms with van der Waals surface area (Å²) in [6.45, 7) is 0. The molecule has 132 valence electrons. The number of carboxylic acid groups (broad SMARTS) is 1. The molecule has 0 aliphatic carbocycles. The molecule has 8 nitrogen and oxygen atoms in total. The highest BCUT2D eigenvalue weighted by Crippen LogP contribution is 2.25. The molecule has 0 unspecified atom stereocenters. The summed E-state index contributed by atoms with van der Waals surface area (Å²) in [5.74, 6) is -0.867. The Labute approximate surface area is 144 Å². The van der Waals surface area contributed by atoms with E-state index in [0.29, 0.717) is 12.8 Å². The molecule has 0 fully saturated rings. The summed E-state index contributed by atoms with van der Waals surface area (Å²) in [6, 6.07) is 11.5. The summed E-state index contributed by atoms with van der Waals surface area (Å²) in [5.41, 5.74) is 0.635. The van der Waals surface area contributed by atoms with E-state index in [1.807, 2.05) is 0 Å². The van der Waals surface area contributed by atoms with Gasteiger partial charge in [0, 0.05) is 18.2 Å². The third-order valence-electron chi connectivity index (χ3n) is 3.41. The smallest absolute Gasteiger partial charge is 0.303 e. The fourth-order valence-electron chi connectivity index (χ4n) is 2.23. The molecule has 0 saturated carbocycles. The van der Waals surface area contributed by atoms with Crippen LogP contribution in [0.3, 0.4) is 0 Å². The topological polar surface area (TPSA) is 127 Å². The fourth-order valence-corrected chi connectivity index (χ4v) is 3.46. The number of hydrogen-bond acceptors (Lipinski definition) is 5. The summed E-state index contributed by atoms with van der Waals surface area (Å²) >= 11 is 0. The van der Waals surface area contributed by atoms with Crippen molar-refractivity contribution in [2.24, 2.45) is 0 Å². The van der Waals surface area contributed by atoms with Gasteiger partial charge in [0.1, 0.15) is 0 Å². The monoisotopic (exact) mass is 364 g/mol. The standard InChI is InChI=1S/C16H16N2O6S/c19-16(20)7-3-4-12-8-10-13(11-9-12)17-25(23,24)15-6-2-1-5-14(15)18(21)22/h1-2,5-6,8-11,17H,3-4,7H2,(H,19,20). The number of aryl methyl sites for hydroxylation is 1. The Morgan fingerprint density at radius 2 is 1.76 bits per heavy atom. The maximum Gasteiger partial charge on any atom is 0.303 e. The van der Waals surface area contributed by atoms with Gasteiger partial charge in [-0.2, -0.15) is 0 Å². The minimum Gasteiger partial charge on any atom is -0.481 e. The summed E-state index contributed by atoms with van der Waals surface area (Å²) in [5, 5.41) is 19.6. The number of para-hydroxylation sites is 1. The number of carboxylic acids is 1. The predicted molar refractivity (Wildman–Crippen MR) is 90.9 cm³/mol. The molecule has 0 aromatic heterocycles. The van der Waals surface area contributed by atoms with E-state index in [2.05, 4.69) is 4.72 Å². The maximum absolute atomic E-state index is 12.4. The highest BCUT2D eigenvalue weighted by Gasteiger charge is 2.25. The Morgan fingerprint density at radius 3 is 2.36 bits per heavy atom. The van der Waals surface area contributed by atoms with E-state index in [4.69, 9.17) is 5.11 Å². The van der Waals surface area contributed by atoms with Gasteiger partial charge in [-0.05, 0) is 36.6 Å². The largest absolute Gasteiger partial charge is 0.481 e. The minimum atomic E-state index is -4.10. The van der Waals surface area contributed by atoms with Crippen molar-refractivity contribution in [3.8, 4) is 0 Å². The number of carbonyl (C=O) groups is 1. The van der Waals surface area contributed by atoms with Gasteiger partial charge in [-0.1, -0.05) is 24.3 Å². The Kier molecular flexibility index (Phi) is 5.71. The lowest BCUT2D eigenvalue weighted by molar-refractivity contribution is -0.387. The van der Waals surface area contributed by atoms with Crippen LogP contribution in [0.5, 0.6) is 0 Å². The SMILES string of the molecule is O=C(O)CCCc1ccc(NS(=O)(=O)c2ccccc2[N+](=O)[O-])cc1. The maximum atomic E-state index is 12.4. The molecule has 2 N–H and O–H groups in total. The first-order valence-corrected chi connectivity index (χ1v) is 8.85. The van der Waals surface area contributed by atoms with Crippen LogP contribution in [0.25, 0.3) is 0 Å². The third-order valence-corrected chi connectivity index (χ3v) is 4.84. The van der Waals surface area contributed by atoms with Gasteiger partial charge >= 0.3 is 5.97 Å². The van der Waals surface area contributed by atoms with Crippen LogP contribution < -0.4 is 4.72 Å². The third kappa shape index (κ3) is 5.01. The Morgan fingerprint density at radius 1 is 1.12 bits per heavy atom. The first-order chi connectivity index (χ1) is 11.8. The number of sulfonamides is 1. The van der Waals surface area contributed by atoms with Crippen LogP contribution in [0.1, 0.15) is 18.4 Å². The van der Waals surface area contributed by atoms with E-state index < -0.39 is 31.5 Å². The molecular formula is C16H16N2O6S. The Bertz CT molecular complexity index is 878. The van der Waals surface area contributed by atoms with Crippen LogP contribution in [0, 0.1) is 10.1 Å². The second kappa shape index (κ2) is 7.75. The second-order valence-corrected chi connectivity index (χ2v) is 6.93. The summed E-state index contributed by atoms with van der Waals surface area (Å²) in [7, 11) is -4.10. The zero-order valence-corrected chi connectivity index (χ0v) is 13.9. The van der Waals surface area contributed by atoms with Gasteiger partial charge in [0.25, 0.3) is 15.7 Å². The van der Waals surface area contributed by atoms with Gasteiger partial charge in [0.2, 0.25) is 0 Å². The number of aliphatic carboxylic acids is 1. The van der Waals surface area contributed by atoms with E-state index in [-0.39, 0.29) is 12.1 Å². The molecule has 25 heavy (non-hydrogen) atoms. The van der Waals surface area contributed by atoms with Gasteiger partial charge in [-0.15, -0.1) is 0 Å². The van der Waals surface area contributed by atoms with E-state index in [1.54, 1.807) is 12.1 Å². The van der Waals surface area contributed by atoms with Crippen molar-refractivity contribution in [3.05, 3.63) is 64.2 Å². The molecule has 2 aromatic carbocycles. The molecule has 2 aromatic rings. The van der Waals surface area contributed by atoms with E-state index >= 15 is 0 Å². The number of benzene rings is 2. The van der Waals surface area contributed by atoms with Crippen LogP contribution in [0.4, 0.5) is 11.4 Å². The minimum absolute atomic E-state index is 0.0616. The molecule has 2 rings (SSSR count). The molecule has 0 radical (unpaired) electrons. The molecule has 0 aliphatic rings. The predicted octanol–water partition coefficient (Wildman–Crippen LogP) is 2.80. The van der Waals surface area contributed by atoms with Gasteiger partial charge < -0.3 is 5.11 Å². The first kappa shape index (κ1) is 18.4. The van der Waals surface area contributed by atoms with Crippen LogP contribution in [-0.4, -0.2) is 24.4 Å². The zero-order valence-electron chi connectivity index (χ0n) is 13.1. The lowest BCUT2D eigenvalue weighted by Crippen LogP contribution is -2.14. The van der Waals surface area contributed by atoms with Crippen molar-refractivity contribution in [1.82, 2.24) is 0 Å². The Hall–Kier alpha value is -2.94. The average molecular weight is 364 g/mol. The molecule has 9 heteroatoms. The fraction of sp³-hybridized carbons (Fsp3) is 0.188. The number of anilines is 1. The quantitative estimate of drug-likeness (QED) is 0.548. The number of hydrogen-bond donors (Lipinski definition) is 2. The molecule has 0 spiro atoms. The lowest BCUT2D eigenvalue weighted by atomic mass is 10.1. The van der Waals surface area contributed by atoms with Crippen molar-refractivity contribution >= 4 is 27.4 Å². The molecule has 0 aliphatic heterocycles. The normalized spacial score (nSPS) is 11.0. The van der Waals surface area contributed by atoms with E-state index in [0.717, 1.165) is 11.6 Å². The van der Waals surface area contributed by atoms with Crippen molar-refractivity contribution in [2.45, 2.75) is 24.2 Å². The van der Waals surface area contributed by atoms with Crippen LogP contribution in [0.15, 0.2) is 53.4 Å². The average Bonchev–Trinajstić information content (AvgIpc) is 2.56. The highest BCUT2D eigenvalue weighted by molar-refractivity contribution is 7.92. The summed E-state index contributed by atoms with van der Waals surface area (Å²) < 4.78 is 27.1. The van der Waals surface area contributed by atoms with Gasteiger partial charge in [-0.3, -0.25) is 19.6 Å². The summed E-state index contributed by atoms with van der Waals surface area (Å²) in [4.78, 5) is 20.3. The number of nitrogens with zero attached hydrogens (tertiary/aromatic N) is 1. The molecule has 0 saturated heterocycles. The Balaban J connectivity index is 2.13. The number of rotatable bonds is 8. The lowest BCUT2D eigenvalue weighted by Gasteiger charge is -2.09. The molecular weight excluding hydrogens is 348 g/mol. The van der Waals surface area contributed by atoms with Crippen molar-refractivity contribution in [2.75, 3.05) is 4.72 Å². The van der Waals surface area contributed by atoms with Gasteiger partial charge in [0.15, 0.2) is 4.90 Å². The van der Waals surface area contributed by atoms with Gasteiger partial charge in [0.05, 0.1) is 4.92 Å². The number of nitro benzene ring substituents is 1. The van der Waals surface area contributed by atoms with Gasteiger partial charge in [-0.25, -0.2) is 8.42 Å². The highest BCUT2D eigenvalue weighted by atomic mass is 32.2. The molecule has 0 heterocycles. The number of nitrogens with one attached hydrogen (secondary N) is 1. The molecule has 0 amide bonds. The van der Waals surface area contributed by atoms with Crippen molar-refractivity contribution in [1.29, 1.82) is 0 Å². The summed E-state index contributed by atoms with van der Waals surface area (Å²) in [6.07, 6.45) is 1.10. The van der Waals surface area contributed by atoms with Crippen LogP contribution >= 0.6 is 0 Å². The first-order valence-electron chi connectivity index (χ1n) is 7.36. The van der Waals surface area contributed by atoms with E-state index in [1.165, 1.54) is 30.3 Å². The zero-order chi connectivity index (χ0) is 18.4.